The van der Waals surface area contributed by atoms with Crippen molar-refractivity contribution in [3.63, 3.8) is 0 Å². The number of alkyl halides is 3. The molecular weight excluding hydrogens is 279 g/mol. The fraction of sp³-hybridized carbons (Fsp3) is 0.250. The molecule has 0 fully saturated rings. The van der Waals surface area contributed by atoms with Crippen molar-refractivity contribution in [1.82, 2.24) is 0 Å². The molecule has 0 aromatic heterocycles. The number of nitrogens with two attached hydrogens (primary N) is 1. The maximum absolute atomic E-state index is 12.8. The highest BCUT2D eigenvalue weighted by Crippen LogP contribution is 2.34. The third kappa shape index (κ3) is 3.76. The van der Waals surface area contributed by atoms with E-state index in [1.54, 1.807) is 0 Å². The Hall–Kier alpha value is -2.01. The van der Waals surface area contributed by atoms with Crippen LogP contribution in [-0.4, -0.2) is 0 Å². The Labute approximate surface area is 121 Å². The Balaban J connectivity index is 2.33. The molecule has 2 rings (SSSR count). The monoisotopic (exact) mass is 295 g/mol. The SMILES string of the molecule is Cc1cc(C)cc(Oc2ccc(C(F)(F)F)c(CN)c2)c1. The fourth-order valence-corrected chi connectivity index (χ4v) is 2.21. The first kappa shape index (κ1) is 15.4. The van der Waals surface area contributed by atoms with Gasteiger partial charge in [-0.15, -0.1) is 0 Å². The number of benzene rings is 2. The van der Waals surface area contributed by atoms with Gasteiger partial charge in [0.05, 0.1) is 5.56 Å². The van der Waals surface area contributed by atoms with E-state index in [4.69, 9.17) is 10.5 Å². The minimum absolute atomic E-state index is 0.0179. The second-order valence-corrected chi connectivity index (χ2v) is 4.95. The third-order valence-corrected chi connectivity index (χ3v) is 3.03. The van der Waals surface area contributed by atoms with Gasteiger partial charge in [-0.3, -0.25) is 0 Å². The second-order valence-electron chi connectivity index (χ2n) is 4.95. The van der Waals surface area contributed by atoms with Crippen molar-refractivity contribution in [3.05, 3.63) is 58.7 Å². The van der Waals surface area contributed by atoms with E-state index in [0.717, 1.165) is 17.2 Å². The zero-order chi connectivity index (χ0) is 15.6. The summed E-state index contributed by atoms with van der Waals surface area (Å²) in [7, 11) is 0. The Morgan fingerprint density at radius 2 is 1.57 bits per heavy atom. The van der Waals surface area contributed by atoms with Crippen LogP contribution in [0, 0.1) is 13.8 Å². The summed E-state index contributed by atoms with van der Waals surface area (Å²) in [5, 5.41) is 0. The van der Waals surface area contributed by atoms with E-state index in [1.165, 1.54) is 12.1 Å². The average molecular weight is 295 g/mol. The van der Waals surface area contributed by atoms with Gasteiger partial charge >= 0.3 is 6.18 Å². The minimum atomic E-state index is -4.41. The quantitative estimate of drug-likeness (QED) is 0.900. The van der Waals surface area contributed by atoms with Crippen LogP contribution in [0.15, 0.2) is 36.4 Å². The number of ether oxygens (including phenoxy) is 1. The molecule has 0 aliphatic carbocycles. The maximum atomic E-state index is 12.8. The van der Waals surface area contributed by atoms with Gasteiger partial charge in [-0.1, -0.05) is 6.07 Å². The van der Waals surface area contributed by atoms with Crippen LogP contribution in [0.4, 0.5) is 13.2 Å². The average Bonchev–Trinajstić information content (AvgIpc) is 2.36. The topological polar surface area (TPSA) is 35.2 Å². The van der Waals surface area contributed by atoms with Gasteiger partial charge in [-0.05, 0) is 60.9 Å². The molecule has 0 saturated heterocycles. The highest BCUT2D eigenvalue weighted by molar-refractivity contribution is 5.41. The van der Waals surface area contributed by atoms with E-state index in [0.29, 0.717) is 11.5 Å². The van der Waals surface area contributed by atoms with Gasteiger partial charge < -0.3 is 10.5 Å². The summed E-state index contributed by atoms with van der Waals surface area (Å²) in [5.41, 5.74) is 6.74. The van der Waals surface area contributed by atoms with Crippen LogP contribution >= 0.6 is 0 Å². The lowest BCUT2D eigenvalue weighted by Crippen LogP contribution is -2.11. The van der Waals surface area contributed by atoms with Crippen LogP contribution in [-0.2, 0) is 12.7 Å². The van der Waals surface area contributed by atoms with Crippen LogP contribution in [0.3, 0.4) is 0 Å². The fourth-order valence-electron chi connectivity index (χ4n) is 2.21. The van der Waals surface area contributed by atoms with Crippen molar-refractivity contribution < 1.29 is 17.9 Å². The van der Waals surface area contributed by atoms with E-state index in [-0.39, 0.29) is 12.1 Å². The number of hydrogen-bond acceptors (Lipinski definition) is 2. The van der Waals surface area contributed by atoms with Gasteiger partial charge in [-0.2, -0.15) is 13.2 Å². The van der Waals surface area contributed by atoms with Gasteiger partial charge in [-0.25, -0.2) is 0 Å². The molecule has 5 heteroatoms. The Bertz CT molecular complexity index is 630. The molecule has 2 nitrogen and oxygen atoms in total. The molecule has 2 aromatic rings. The van der Waals surface area contributed by atoms with E-state index in [1.807, 2.05) is 32.0 Å². The van der Waals surface area contributed by atoms with Crippen LogP contribution in [0.1, 0.15) is 22.3 Å². The van der Waals surface area contributed by atoms with Crippen LogP contribution < -0.4 is 10.5 Å². The number of hydrogen-bond donors (Lipinski definition) is 1. The molecule has 0 spiro atoms. The molecule has 21 heavy (non-hydrogen) atoms. The lowest BCUT2D eigenvalue weighted by atomic mass is 10.1. The first-order chi connectivity index (χ1) is 9.79. The van der Waals surface area contributed by atoms with Crippen LogP contribution in [0.5, 0.6) is 11.5 Å². The summed E-state index contributed by atoms with van der Waals surface area (Å²) in [4.78, 5) is 0. The zero-order valence-electron chi connectivity index (χ0n) is 11.8. The molecule has 0 heterocycles. The Morgan fingerprint density at radius 1 is 0.952 bits per heavy atom. The largest absolute Gasteiger partial charge is 0.457 e. The van der Waals surface area contributed by atoms with E-state index in [9.17, 15) is 13.2 Å². The second kappa shape index (κ2) is 5.77. The van der Waals surface area contributed by atoms with Gasteiger partial charge in [0.15, 0.2) is 0 Å². The summed E-state index contributed by atoms with van der Waals surface area (Å²) in [6.45, 7) is 3.66. The molecule has 0 saturated carbocycles. The number of halogens is 3. The molecule has 0 amide bonds. The minimum Gasteiger partial charge on any atom is -0.457 e. The predicted molar refractivity (Wildman–Crippen MR) is 75.3 cm³/mol. The van der Waals surface area contributed by atoms with E-state index >= 15 is 0 Å². The first-order valence-corrected chi connectivity index (χ1v) is 6.46. The highest BCUT2D eigenvalue weighted by Gasteiger charge is 2.33. The van der Waals surface area contributed by atoms with Crippen molar-refractivity contribution in [1.29, 1.82) is 0 Å². The van der Waals surface area contributed by atoms with Gasteiger partial charge in [0, 0.05) is 6.54 Å². The van der Waals surface area contributed by atoms with Crippen molar-refractivity contribution >= 4 is 0 Å². The molecule has 2 aromatic carbocycles. The molecule has 2 N–H and O–H groups in total. The normalized spacial score (nSPS) is 11.5. The molecule has 0 unspecified atom stereocenters. The van der Waals surface area contributed by atoms with Crippen molar-refractivity contribution in [2.45, 2.75) is 26.6 Å². The Kier molecular flexibility index (Phi) is 4.23. The van der Waals surface area contributed by atoms with Crippen molar-refractivity contribution in [2.24, 2.45) is 5.73 Å². The summed E-state index contributed by atoms with van der Waals surface area (Å²) in [6.07, 6.45) is -4.41. The first-order valence-electron chi connectivity index (χ1n) is 6.46. The summed E-state index contributed by atoms with van der Waals surface area (Å²) < 4.78 is 44.0. The van der Waals surface area contributed by atoms with Gasteiger partial charge in [0.25, 0.3) is 0 Å². The summed E-state index contributed by atoms with van der Waals surface area (Å²) in [6, 6.07) is 9.28. The molecule has 112 valence electrons. The third-order valence-electron chi connectivity index (χ3n) is 3.03. The van der Waals surface area contributed by atoms with Crippen LogP contribution in [0.25, 0.3) is 0 Å². The molecule has 0 bridgehead atoms. The van der Waals surface area contributed by atoms with E-state index in [2.05, 4.69) is 0 Å². The molecular formula is C16H16F3NO. The molecule has 0 radical (unpaired) electrons. The standard InChI is InChI=1S/C16H16F3NO/c1-10-5-11(2)7-14(6-10)21-13-3-4-15(16(17,18)19)12(8-13)9-20/h3-8H,9,20H2,1-2H3. The molecule has 0 atom stereocenters. The Morgan fingerprint density at radius 3 is 2.10 bits per heavy atom. The van der Waals surface area contributed by atoms with Gasteiger partial charge in [0.1, 0.15) is 11.5 Å². The number of aryl methyl sites for hydroxylation is 2. The molecule has 0 aliphatic rings. The maximum Gasteiger partial charge on any atom is 0.416 e. The summed E-state index contributed by atoms with van der Waals surface area (Å²) >= 11 is 0. The van der Waals surface area contributed by atoms with Crippen molar-refractivity contribution in [2.75, 3.05) is 0 Å². The predicted octanol–water partition coefficient (Wildman–Crippen LogP) is 4.57. The molecule has 0 aliphatic heterocycles. The van der Waals surface area contributed by atoms with E-state index < -0.39 is 11.7 Å². The zero-order valence-corrected chi connectivity index (χ0v) is 11.8. The van der Waals surface area contributed by atoms with Gasteiger partial charge in [0.2, 0.25) is 0 Å². The lowest BCUT2D eigenvalue weighted by Gasteiger charge is -2.14. The number of rotatable bonds is 3. The smallest absolute Gasteiger partial charge is 0.416 e. The lowest BCUT2D eigenvalue weighted by molar-refractivity contribution is -0.138. The van der Waals surface area contributed by atoms with Crippen molar-refractivity contribution in [3.8, 4) is 11.5 Å². The highest BCUT2D eigenvalue weighted by atomic mass is 19.4. The summed E-state index contributed by atoms with van der Waals surface area (Å²) in [5.74, 6) is 0.934. The van der Waals surface area contributed by atoms with Crippen LogP contribution in [0.2, 0.25) is 0 Å².